The van der Waals surface area contributed by atoms with Crippen molar-refractivity contribution in [2.75, 3.05) is 14.2 Å². The third-order valence-corrected chi connectivity index (χ3v) is 4.79. The van der Waals surface area contributed by atoms with Crippen molar-refractivity contribution in [3.05, 3.63) is 64.5 Å². The molecule has 9 nitrogen and oxygen atoms in total. The van der Waals surface area contributed by atoms with E-state index in [9.17, 15) is 20.1 Å². The quantitative estimate of drug-likeness (QED) is 0.336. The molecule has 0 aliphatic heterocycles. The average Bonchev–Trinajstić information content (AvgIpc) is 3.24. The number of phenolic OH excluding ortho intramolecular Hbond substituents is 2. The fourth-order valence-electron chi connectivity index (χ4n) is 3.28. The zero-order chi connectivity index (χ0) is 22.8. The molecular formula is C23H20N2O7. The molecule has 0 saturated heterocycles. The van der Waals surface area contributed by atoms with E-state index in [-0.39, 0.29) is 35.4 Å². The highest BCUT2D eigenvalue weighted by Crippen LogP contribution is 2.41. The highest BCUT2D eigenvalue weighted by atomic mass is 16.5. The van der Waals surface area contributed by atoms with E-state index in [4.69, 9.17) is 13.9 Å². The highest BCUT2D eigenvalue weighted by Gasteiger charge is 2.23. The second-order valence-electron chi connectivity index (χ2n) is 6.91. The molecule has 0 amide bonds. The molecule has 4 aromatic rings. The molecule has 164 valence electrons. The van der Waals surface area contributed by atoms with Gasteiger partial charge in [0.15, 0.2) is 17.3 Å². The standard InChI is InChI=1S/C23H20N2O7/c1-30-11-14-10-16(27)21(29)22(32-14)19-18(12-6-4-3-5-7-12)24-23(25-19)13-8-15(26)20(28)17(9-13)31-2/h3-10,26,28-29H,11H2,1-2H3,(H,24,25). The Kier molecular flexibility index (Phi) is 5.57. The van der Waals surface area contributed by atoms with Gasteiger partial charge in [-0.1, -0.05) is 30.3 Å². The summed E-state index contributed by atoms with van der Waals surface area (Å²) >= 11 is 0. The highest BCUT2D eigenvalue weighted by molar-refractivity contribution is 5.81. The zero-order valence-electron chi connectivity index (χ0n) is 17.2. The fourth-order valence-corrected chi connectivity index (χ4v) is 3.28. The van der Waals surface area contributed by atoms with Crippen LogP contribution in [0.15, 0.2) is 57.7 Å². The number of hydrogen-bond acceptors (Lipinski definition) is 8. The second kappa shape index (κ2) is 8.48. The molecule has 0 saturated carbocycles. The minimum Gasteiger partial charge on any atom is -0.504 e. The van der Waals surface area contributed by atoms with Crippen LogP contribution in [0.25, 0.3) is 34.1 Å². The Bertz CT molecular complexity index is 1330. The summed E-state index contributed by atoms with van der Waals surface area (Å²) in [7, 11) is 2.82. The molecule has 9 heteroatoms. The molecule has 0 fully saturated rings. The van der Waals surface area contributed by atoms with Crippen molar-refractivity contribution < 1.29 is 29.2 Å². The van der Waals surface area contributed by atoms with Gasteiger partial charge in [-0.15, -0.1) is 0 Å². The lowest BCUT2D eigenvalue weighted by Crippen LogP contribution is -2.04. The van der Waals surface area contributed by atoms with Crippen LogP contribution in [-0.2, 0) is 11.3 Å². The SMILES string of the molecule is COCc1cc(=O)c(O)c(-c2[nH]c(-c3cc(O)c(O)c(OC)c3)nc2-c2ccccc2)o1. The first-order chi connectivity index (χ1) is 15.4. The maximum atomic E-state index is 12.3. The Hall–Kier alpha value is -4.24. The summed E-state index contributed by atoms with van der Waals surface area (Å²) in [5.74, 6) is -0.913. The minimum atomic E-state index is -0.627. The summed E-state index contributed by atoms with van der Waals surface area (Å²) in [6.07, 6.45) is 0. The van der Waals surface area contributed by atoms with Gasteiger partial charge in [0.1, 0.15) is 29.6 Å². The van der Waals surface area contributed by atoms with Gasteiger partial charge in [0.25, 0.3) is 0 Å². The molecule has 2 aromatic heterocycles. The lowest BCUT2D eigenvalue weighted by Gasteiger charge is -2.07. The van der Waals surface area contributed by atoms with E-state index in [0.29, 0.717) is 16.8 Å². The van der Waals surface area contributed by atoms with Crippen LogP contribution >= 0.6 is 0 Å². The first-order valence-corrected chi connectivity index (χ1v) is 9.54. The van der Waals surface area contributed by atoms with Gasteiger partial charge in [0.05, 0.1) is 7.11 Å². The fraction of sp³-hybridized carbons (Fsp3) is 0.130. The molecule has 0 spiro atoms. The van der Waals surface area contributed by atoms with Crippen molar-refractivity contribution in [3.8, 4) is 57.1 Å². The van der Waals surface area contributed by atoms with Crippen LogP contribution in [0.1, 0.15) is 5.76 Å². The number of nitrogens with one attached hydrogen (secondary N) is 1. The van der Waals surface area contributed by atoms with Gasteiger partial charge in [-0.05, 0) is 12.1 Å². The molecule has 0 aliphatic rings. The van der Waals surface area contributed by atoms with Crippen molar-refractivity contribution in [2.24, 2.45) is 0 Å². The molecular weight excluding hydrogens is 416 g/mol. The number of H-pyrrole nitrogens is 1. The predicted octanol–water partition coefficient (Wildman–Crippen LogP) is 3.64. The number of aromatic hydroxyl groups is 3. The van der Waals surface area contributed by atoms with Gasteiger partial charge in [-0.2, -0.15) is 0 Å². The molecule has 2 aromatic carbocycles. The largest absolute Gasteiger partial charge is 0.504 e. The third-order valence-electron chi connectivity index (χ3n) is 4.79. The normalized spacial score (nSPS) is 10.9. The van der Waals surface area contributed by atoms with Crippen LogP contribution in [-0.4, -0.2) is 39.5 Å². The van der Waals surface area contributed by atoms with Crippen LogP contribution in [0.3, 0.4) is 0 Å². The predicted molar refractivity (Wildman–Crippen MR) is 116 cm³/mol. The monoisotopic (exact) mass is 436 g/mol. The van der Waals surface area contributed by atoms with Crippen LogP contribution in [0.4, 0.5) is 0 Å². The summed E-state index contributed by atoms with van der Waals surface area (Å²) in [5, 5.41) is 30.5. The number of hydrogen-bond donors (Lipinski definition) is 4. The van der Waals surface area contributed by atoms with Gasteiger partial charge in [-0.25, -0.2) is 4.98 Å². The van der Waals surface area contributed by atoms with Crippen LogP contribution < -0.4 is 10.2 Å². The number of nitrogens with zero attached hydrogens (tertiary/aromatic N) is 1. The van der Waals surface area contributed by atoms with Crippen LogP contribution in [0.2, 0.25) is 0 Å². The summed E-state index contributed by atoms with van der Waals surface area (Å²) in [6.45, 7) is 0.0349. The lowest BCUT2D eigenvalue weighted by molar-refractivity contribution is 0.162. The van der Waals surface area contributed by atoms with Gasteiger partial charge in [-0.3, -0.25) is 4.79 Å². The van der Waals surface area contributed by atoms with Gasteiger partial charge in [0, 0.05) is 24.3 Å². The molecule has 4 rings (SSSR count). The van der Waals surface area contributed by atoms with Crippen LogP contribution in [0, 0.1) is 0 Å². The number of aromatic nitrogens is 2. The van der Waals surface area contributed by atoms with Gasteiger partial charge < -0.3 is 34.2 Å². The first-order valence-electron chi connectivity index (χ1n) is 9.54. The topological polar surface area (TPSA) is 138 Å². The van der Waals surface area contributed by atoms with E-state index in [2.05, 4.69) is 9.97 Å². The Labute approximate surface area is 182 Å². The lowest BCUT2D eigenvalue weighted by atomic mass is 10.1. The van der Waals surface area contributed by atoms with Gasteiger partial charge in [0.2, 0.25) is 16.9 Å². The Morgan fingerprint density at radius 1 is 1.00 bits per heavy atom. The molecule has 0 aliphatic carbocycles. The number of imidazole rings is 1. The number of ether oxygens (including phenoxy) is 2. The van der Waals surface area contributed by atoms with E-state index < -0.39 is 22.7 Å². The molecule has 2 heterocycles. The van der Waals surface area contributed by atoms with Crippen molar-refractivity contribution in [3.63, 3.8) is 0 Å². The van der Waals surface area contributed by atoms with Crippen LogP contribution in [0.5, 0.6) is 23.0 Å². The molecule has 0 unspecified atom stereocenters. The first kappa shape index (κ1) is 21.0. The zero-order valence-corrected chi connectivity index (χ0v) is 17.2. The van der Waals surface area contributed by atoms with E-state index in [1.807, 2.05) is 30.3 Å². The second-order valence-corrected chi connectivity index (χ2v) is 6.91. The van der Waals surface area contributed by atoms with E-state index in [0.717, 1.165) is 6.07 Å². The minimum absolute atomic E-state index is 0.0349. The Morgan fingerprint density at radius 2 is 1.75 bits per heavy atom. The smallest absolute Gasteiger partial charge is 0.227 e. The average molecular weight is 436 g/mol. The van der Waals surface area contributed by atoms with Gasteiger partial charge >= 0.3 is 0 Å². The molecule has 32 heavy (non-hydrogen) atoms. The molecule has 0 radical (unpaired) electrons. The summed E-state index contributed by atoms with van der Waals surface area (Å²) in [5.41, 5.74) is 1.12. The van der Waals surface area contributed by atoms with Crippen molar-refractivity contribution in [1.29, 1.82) is 0 Å². The molecule has 0 bridgehead atoms. The van der Waals surface area contributed by atoms with Crippen molar-refractivity contribution in [2.45, 2.75) is 6.61 Å². The number of aromatic amines is 1. The number of methoxy groups -OCH3 is 2. The third kappa shape index (κ3) is 3.77. The Balaban J connectivity index is 1.97. The number of phenols is 2. The van der Waals surface area contributed by atoms with E-state index in [1.54, 1.807) is 0 Å². The summed E-state index contributed by atoms with van der Waals surface area (Å²) in [6, 6.07) is 13.1. The maximum absolute atomic E-state index is 12.3. The Morgan fingerprint density at radius 3 is 2.44 bits per heavy atom. The summed E-state index contributed by atoms with van der Waals surface area (Å²) in [4.78, 5) is 20.0. The van der Waals surface area contributed by atoms with E-state index in [1.165, 1.54) is 26.4 Å². The number of benzene rings is 2. The summed E-state index contributed by atoms with van der Waals surface area (Å²) < 4.78 is 15.9. The van der Waals surface area contributed by atoms with E-state index >= 15 is 0 Å². The number of rotatable bonds is 6. The molecule has 4 N–H and O–H groups in total. The molecule has 0 atom stereocenters. The maximum Gasteiger partial charge on any atom is 0.227 e. The van der Waals surface area contributed by atoms with Crippen molar-refractivity contribution >= 4 is 0 Å². The van der Waals surface area contributed by atoms with Crippen molar-refractivity contribution in [1.82, 2.24) is 9.97 Å².